The Kier molecular flexibility index (Phi) is 3.53. The molecule has 0 aliphatic carbocycles. The van der Waals surface area contributed by atoms with Crippen molar-refractivity contribution >= 4 is 32.8 Å². The maximum absolute atomic E-state index is 13.5. The number of nitro benzene ring substituents is 1. The Labute approximate surface area is 124 Å². The minimum Gasteiger partial charge on any atom is -0.381 e. The summed E-state index contributed by atoms with van der Waals surface area (Å²) >= 11 is 1.66. The van der Waals surface area contributed by atoms with Crippen LogP contribution >= 0.6 is 11.3 Å². The number of hydrogen-bond donors (Lipinski definition) is 1. The van der Waals surface area contributed by atoms with Gasteiger partial charge in [-0.25, -0.2) is 0 Å². The molecule has 0 saturated heterocycles. The Bertz CT molecular complexity index is 816. The van der Waals surface area contributed by atoms with Crippen molar-refractivity contribution in [2.45, 2.75) is 6.54 Å². The predicted molar refractivity (Wildman–Crippen MR) is 82.2 cm³/mol. The second-order valence-corrected chi connectivity index (χ2v) is 5.45. The van der Waals surface area contributed by atoms with Crippen molar-refractivity contribution in [1.29, 1.82) is 0 Å². The molecule has 0 radical (unpaired) electrons. The van der Waals surface area contributed by atoms with Crippen LogP contribution in [0.3, 0.4) is 0 Å². The number of rotatable bonds is 4. The Morgan fingerprint density at radius 1 is 1.24 bits per heavy atom. The summed E-state index contributed by atoms with van der Waals surface area (Å²) in [6.45, 7) is 0.543. The molecule has 2 aromatic carbocycles. The number of fused-ring (bicyclic) bond motifs is 1. The number of nitrogens with zero attached hydrogens (tertiary/aromatic N) is 1. The van der Waals surface area contributed by atoms with E-state index in [4.69, 9.17) is 0 Å². The summed E-state index contributed by atoms with van der Waals surface area (Å²) in [4.78, 5) is 9.84. The van der Waals surface area contributed by atoms with E-state index in [2.05, 4.69) is 16.8 Å². The van der Waals surface area contributed by atoms with Crippen LogP contribution in [-0.2, 0) is 6.54 Å². The fourth-order valence-corrected chi connectivity index (χ4v) is 3.09. The molecule has 106 valence electrons. The van der Waals surface area contributed by atoms with E-state index in [-0.39, 0.29) is 0 Å². The third-order valence-electron chi connectivity index (χ3n) is 3.19. The normalized spacial score (nSPS) is 10.7. The van der Waals surface area contributed by atoms with Gasteiger partial charge in [0.2, 0.25) is 5.82 Å². The van der Waals surface area contributed by atoms with E-state index in [1.807, 2.05) is 18.2 Å². The van der Waals surface area contributed by atoms with E-state index >= 15 is 0 Å². The minimum atomic E-state index is -0.833. The number of halogens is 1. The van der Waals surface area contributed by atoms with Gasteiger partial charge >= 0.3 is 5.69 Å². The lowest BCUT2D eigenvalue weighted by Crippen LogP contribution is -2.00. The highest BCUT2D eigenvalue weighted by Gasteiger charge is 2.13. The number of benzene rings is 2. The molecular weight excluding hydrogens is 291 g/mol. The van der Waals surface area contributed by atoms with E-state index < -0.39 is 16.4 Å². The number of anilines is 1. The largest absolute Gasteiger partial charge is 0.381 e. The van der Waals surface area contributed by atoms with Crippen molar-refractivity contribution in [3.63, 3.8) is 0 Å². The topological polar surface area (TPSA) is 55.2 Å². The molecule has 0 spiro atoms. The zero-order chi connectivity index (χ0) is 14.8. The van der Waals surface area contributed by atoms with Gasteiger partial charge in [-0.05, 0) is 28.5 Å². The predicted octanol–water partition coefficient (Wildman–Crippen LogP) is 4.56. The van der Waals surface area contributed by atoms with E-state index in [0.717, 1.165) is 17.0 Å². The van der Waals surface area contributed by atoms with E-state index in [0.29, 0.717) is 12.2 Å². The lowest BCUT2D eigenvalue weighted by Gasteiger charge is -2.06. The van der Waals surface area contributed by atoms with Crippen molar-refractivity contribution in [2.75, 3.05) is 5.32 Å². The van der Waals surface area contributed by atoms with Crippen molar-refractivity contribution in [2.24, 2.45) is 0 Å². The molecule has 6 heteroatoms. The van der Waals surface area contributed by atoms with Crippen LogP contribution in [0.15, 0.2) is 47.8 Å². The van der Waals surface area contributed by atoms with Gasteiger partial charge in [-0.2, -0.15) is 4.39 Å². The first-order valence-corrected chi connectivity index (χ1v) is 7.16. The summed E-state index contributed by atoms with van der Waals surface area (Å²) in [5.74, 6) is -0.833. The molecule has 3 rings (SSSR count). The summed E-state index contributed by atoms with van der Waals surface area (Å²) in [6.07, 6.45) is 0. The first kappa shape index (κ1) is 13.5. The second kappa shape index (κ2) is 5.49. The maximum Gasteiger partial charge on any atom is 0.304 e. The van der Waals surface area contributed by atoms with Crippen LogP contribution in [0.25, 0.3) is 10.1 Å². The first-order chi connectivity index (χ1) is 10.1. The summed E-state index contributed by atoms with van der Waals surface area (Å²) < 4.78 is 14.7. The molecule has 0 atom stereocenters. The lowest BCUT2D eigenvalue weighted by atomic mass is 10.2. The fraction of sp³-hybridized carbons (Fsp3) is 0.0667. The van der Waals surface area contributed by atoms with Crippen LogP contribution in [0, 0.1) is 15.9 Å². The van der Waals surface area contributed by atoms with Crippen LogP contribution in [0.5, 0.6) is 0 Å². The van der Waals surface area contributed by atoms with Crippen molar-refractivity contribution in [1.82, 2.24) is 0 Å². The average molecular weight is 302 g/mol. The molecule has 1 heterocycles. The molecule has 0 aliphatic heterocycles. The van der Waals surface area contributed by atoms with Gasteiger partial charge < -0.3 is 5.32 Å². The highest BCUT2D eigenvalue weighted by Crippen LogP contribution is 2.27. The van der Waals surface area contributed by atoms with Crippen LogP contribution in [0.4, 0.5) is 15.8 Å². The van der Waals surface area contributed by atoms with E-state index in [9.17, 15) is 14.5 Å². The Morgan fingerprint density at radius 3 is 2.81 bits per heavy atom. The standard InChI is InChI=1S/C15H11FN2O2S/c16-13-7-11(5-6-14(13)18(19)20)17-8-10-9-21-15-4-2-1-3-12(10)15/h1-7,9,17H,8H2. The van der Waals surface area contributed by atoms with Crippen LogP contribution in [0.2, 0.25) is 0 Å². The first-order valence-electron chi connectivity index (χ1n) is 6.28. The summed E-state index contributed by atoms with van der Waals surface area (Å²) in [7, 11) is 0. The monoisotopic (exact) mass is 302 g/mol. The summed E-state index contributed by atoms with van der Waals surface area (Å²) in [6, 6.07) is 11.9. The van der Waals surface area contributed by atoms with Gasteiger partial charge in [0.25, 0.3) is 0 Å². The number of thiophene rings is 1. The fourth-order valence-electron chi connectivity index (χ4n) is 2.13. The Morgan fingerprint density at radius 2 is 2.05 bits per heavy atom. The molecule has 0 aliphatic rings. The van der Waals surface area contributed by atoms with Gasteiger partial charge in [0.15, 0.2) is 0 Å². The molecule has 0 bridgehead atoms. The van der Waals surface area contributed by atoms with Crippen molar-refractivity contribution in [3.05, 3.63) is 69.3 Å². The highest BCUT2D eigenvalue weighted by molar-refractivity contribution is 7.17. The Balaban J connectivity index is 1.79. The average Bonchev–Trinajstić information content (AvgIpc) is 2.88. The van der Waals surface area contributed by atoms with E-state index in [1.54, 1.807) is 11.3 Å². The highest BCUT2D eigenvalue weighted by atomic mass is 32.1. The Hall–Kier alpha value is -2.47. The van der Waals surface area contributed by atoms with Gasteiger partial charge in [-0.3, -0.25) is 10.1 Å². The minimum absolute atomic E-state index is 0.512. The van der Waals surface area contributed by atoms with Gasteiger partial charge in [0.1, 0.15) is 0 Å². The smallest absolute Gasteiger partial charge is 0.304 e. The van der Waals surface area contributed by atoms with Gasteiger partial charge in [0, 0.05) is 29.1 Å². The van der Waals surface area contributed by atoms with E-state index in [1.165, 1.54) is 16.8 Å². The molecule has 0 amide bonds. The van der Waals surface area contributed by atoms with Gasteiger partial charge in [0.05, 0.1) is 4.92 Å². The second-order valence-electron chi connectivity index (χ2n) is 4.53. The molecule has 0 saturated carbocycles. The zero-order valence-electron chi connectivity index (χ0n) is 10.9. The quantitative estimate of drug-likeness (QED) is 0.567. The molecule has 0 fully saturated rings. The number of nitro groups is 1. The maximum atomic E-state index is 13.5. The zero-order valence-corrected chi connectivity index (χ0v) is 11.7. The molecule has 1 aromatic heterocycles. The van der Waals surface area contributed by atoms with Crippen molar-refractivity contribution in [3.8, 4) is 0 Å². The van der Waals surface area contributed by atoms with Crippen LogP contribution < -0.4 is 5.32 Å². The molecule has 1 N–H and O–H groups in total. The number of hydrogen-bond acceptors (Lipinski definition) is 4. The third-order valence-corrected chi connectivity index (χ3v) is 4.20. The molecular formula is C15H11FN2O2S. The van der Waals surface area contributed by atoms with Crippen LogP contribution in [0.1, 0.15) is 5.56 Å². The van der Waals surface area contributed by atoms with Crippen LogP contribution in [-0.4, -0.2) is 4.92 Å². The molecule has 4 nitrogen and oxygen atoms in total. The molecule has 0 unspecified atom stereocenters. The lowest BCUT2D eigenvalue weighted by molar-refractivity contribution is -0.387. The van der Waals surface area contributed by atoms with Gasteiger partial charge in [-0.15, -0.1) is 11.3 Å². The summed E-state index contributed by atoms with van der Waals surface area (Å²) in [5.41, 5.74) is 1.13. The molecule has 3 aromatic rings. The SMILES string of the molecule is O=[N+]([O-])c1ccc(NCc2csc3ccccc23)cc1F. The van der Waals surface area contributed by atoms with Gasteiger partial charge in [-0.1, -0.05) is 18.2 Å². The number of nitrogens with one attached hydrogen (secondary N) is 1. The third kappa shape index (κ3) is 2.71. The summed E-state index contributed by atoms with van der Waals surface area (Å²) in [5, 5.41) is 16.9. The molecule has 21 heavy (non-hydrogen) atoms. The van der Waals surface area contributed by atoms with Crippen molar-refractivity contribution < 1.29 is 9.31 Å².